The maximum atomic E-state index is 13.2. The zero-order valence-electron chi connectivity index (χ0n) is 14.2. The van der Waals surface area contributed by atoms with Crippen molar-refractivity contribution in [2.24, 2.45) is 5.10 Å². The third-order valence-corrected chi connectivity index (χ3v) is 3.86. The number of furan rings is 1. The van der Waals surface area contributed by atoms with Gasteiger partial charge >= 0.3 is 5.88 Å². The highest BCUT2D eigenvalue weighted by atomic mass is 19.1. The topological polar surface area (TPSA) is 106 Å². The van der Waals surface area contributed by atoms with Gasteiger partial charge in [0.15, 0.2) is 17.4 Å². The lowest BCUT2D eigenvalue weighted by Crippen LogP contribution is -1.99. The van der Waals surface area contributed by atoms with Gasteiger partial charge in [-0.1, -0.05) is 12.1 Å². The monoisotopic (exact) mass is 377 g/mol. The number of aromatic nitrogens is 2. The average Bonchev–Trinajstić information content (AvgIpc) is 3.18. The number of fused-ring (bicyclic) bond motifs is 1. The van der Waals surface area contributed by atoms with Crippen molar-refractivity contribution in [3.8, 4) is 11.4 Å². The largest absolute Gasteiger partial charge is 0.433 e. The molecule has 1 N–H and O–H groups in total. The van der Waals surface area contributed by atoms with Crippen LogP contribution in [-0.4, -0.2) is 21.1 Å². The predicted octanol–water partition coefficient (Wildman–Crippen LogP) is 4.38. The lowest BCUT2D eigenvalue weighted by Gasteiger charge is -2.08. The molecule has 0 saturated carbocycles. The van der Waals surface area contributed by atoms with Crippen LogP contribution in [0.25, 0.3) is 22.3 Å². The van der Waals surface area contributed by atoms with Gasteiger partial charge in [0.05, 0.1) is 17.8 Å². The molecule has 0 saturated heterocycles. The van der Waals surface area contributed by atoms with Crippen LogP contribution in [-0.2, 0) is 0 Å². The Kier molecular flexibility index (Phi) is 4.47. The first kappa shape index (κ1) is 17.3. The normalized spacial score (nSPS) is 11.2. The molecule has 0 fully saturated rings. The van der Waals surface area contributed by atoms with Crippen LogP contribution in [0, 0.1) is 15.9 Å². The van der Waals surface area contributed by atoms with Crippen LogP contribution in [0.2, 0.25) is 0 Å². The molecular weight excluding hydrogens is 365 g/mol. The number of halogens is 1. The van der Waals surface area contributed by atoms with Crippen molar-refractivity contribution in [3.05, 3.63) is 82.4 Å². The molecule has 4 aromatic rings. The molecule has 138 valence electrons. The van der Waals surface area contributed by atoms with E-state index in [0.717, 1.165) is 5.39 Å². The van der Waals surface area contributed by atoms with Gasteiger partial charge < -0.3 is 4.42 Å². The second kappa shape index (κ2) is 7.23. The van der Waals surface area contributed by atoms with Gasteiger partial charge in [0.2, 0.25) is 0 Å². The van der Waals surface area contributed by atoms with E-state index >= 15 is 0 Å². The van der Waals surface area contributed by atoms with E-state index in [9.17, 15) is 14.5 Å². The number of hydrazone groups is 1. The smallest absolute Gasteiger partial charge is 0.400 e. The van der Waals surface area contributed by atoms with Gasteiger partial charge in [-0.05, 0) is 42.5 Å². The van der Waals surface area contributed by atoms with E-state index in [1.807, 2.05) is 24.3 Å². The predicted molar refractivity (Wildman–Crippen MR) is 102 cm³/mol. The zero-order chi connectivity index (χ0) is 19.5. The van der Waals surface area contributed by atoms with E-state index in [2.05, 4.69) is 20.5 Å². The summed E-state index contributed by atoms with van der Waals surface area (Å²) in [4.78, 5) is 19.0. The minimum atomic E-state index is -0.627. The number of nitrogens with one attached hydrogen (secondary N) is 1. The van der Waals surface area contributed by atoms with Crippen LogP contribution in [0.15, 0.2) is 70.2 Å². The molecule has 9 heteroatoms. The molecule has 0 aliphatic heterocycles. The minimum absolute atomic E-state index is 0.219. The molecule has 0 bridgehead atoms. The zero-order valence-corrected chi connectivity index (χ0v) is 14.2. The Morgan fingerprint density at radius 2 is 1.86 bits per heavy atom. The molecule has 0 spiro atoms. The summed E-state index contributed by atoms with van der Waals surface area (Å²) in [5, 5.41) is 15.4. The van der Waals surface area contributed by atoms with Crippen molar-refractivity contribution in [1.29, 1.82) is 0 Å². The molecule has 0 amide bonds. The van der Waals surface area contributed by atoms with Crippen molar-refractivity contribution < 1.29 is 13.7 Å². The van der Waals surface area contributed by atoms with Gasteiger partial charge in [0.25, 0.3) is 0 Å². The molecule has 2 heterocycles. The van der Waals surface area contributed by atoms with Crippen LogP contribution < -0.4 is 5.43 Å². The molecule has 2 aromatic carbocycles. The standard InChI is InChI=1S/C19H12FN5O3/c20-13-7-5-12(6-8-13)18-22-16-4-2-1-3-15(16)19(23-18)24-21-11-14-9-10-17(28-14)25(26)27/h1-11H,(H,22,23,24)/b21-11+. The average molecular weight is 377 g/mol. The highest BCUT2D eigenvalue weighted by molar-refractivity contribution is 5.91. The highest BCUT2D eigenvalue weighted by Gasteiger charge is 2.11. The van der Waals surface area contributed by atoms with E-state index in [0.29, 0.717) is 22.7 Å². The van der Waals surface area contributed by atoms with E-state index < -0.39 is 4.92 Å². The Morgan fingerprint density at radius 3 is 2.61 bits per heavy atom. The van der Waals surface area contributed by atoms with Crippen LogP contribution in [0.5, 0.6) is 0 Å². The lowest BCUT2D eigenvalue weighted by molar-refractivity contribution is -0.402. The van der Waals surface area contributed by atoms with Crippen LogP contribution in [0.1, 0.15) is 5.76 Å². The number of rotatable bonds is 5. The molecule has 28 heavy (non-hydrogen) atoms. The number of hydrogen-bond donors (Lipinski definition) is 1. The number of para-hydroxylation sites is 1. The van der Waals surface area contributed by atoms with E-state index in [1.54, 1.807) is 12.1 Å². The molecule has 0 radical (unpaired) electrons. The van der Waals surface area contributed by atoms with Crippen molar-refractivity contribution in [2.75, 3.05) is 5.43 Å². The van der Waals surface area contributed by atoms with Crippen molar-refractivity contribution >= 4 is 28.8 Å². The number of anilines is 1. The molecule has 0 aliphatic rings. The lowest BCUT2D eigenvalue weighted by atomic mass is 10.2. The van der Waals surface area contributed by atoms with Gasteiger partial charge in [-0.3, -0.25) is 15.5 Å². The molecular formula is C19H12FN5O3. The Hall–Kier alpha value is -4.14. The van der Waals surface area contributed by atoms with Crippen molar-refractivity contribution in [2.45, 2.75) is 0 Å². The van der Waals surface area contributed by atoms with E-state index in [1.165, 1.54) is 30.5 Å². The van der Waals surface area contributed by atoms with Gasteiger partial charge in [0.1, 0.15) is 10.7 Å². The molecule has 0 atom stereocenters. The quantitative estimate of drug-likeness (QED) is 0.314. The Bertz CT molecular complexity index is 1190. The summed E-state index contributed by atoms with van der Waals surface area (Å²) in [6, 6.07) is 15.9. The Labute approximate surface area is 157 Å². The first-order valence-electron chi connectivity index (χ1n) is 8.16. The molecule has 4 rings (SSSR count). The Morgan fingerprint density at radius 1 is 1.07 bits per heavy atom. The first-order valence-corrected chi connectivity index (χ1v) is 8.16. The van der Waals surface area contributed by atoms with Gasteiger partial charge in [-0.2, -0.15) is 5.10 Å². The van der Waals surface area contributed by atoms with E-state index in [-0.39, 0.29) is 17.5 Å². The molecule has 0 unspecified atom stereocenters. The SMILES string of the molecule is O=[N+]([O-])c1ccc(/C=N/Nc2nc(-c3ccc(F)cc3)nc3ccccc23)o1. The second-order valence-electron chi connectivity index (χ2n) is 5.72. The van der Waals surface area contributed by atoms with Gasteiger partial charge in [0, 0.05) is 10.9 Å². The molecule has 2 aromatic heterocycles. The summed E-state index contributed by atoms with van der Waals surface area (Å²) in [6.07, 6.45) is 1.31. The van der Waals surface area contributed by atoms with Gasteiger partial charge in [-0.25, -0.2) is 14.4 Å². The highest BCUT2D eigenvalue weighted by Crippen LogP contribution is 2.25. The summed E-state index contributed by atoms with van der Waals surface area (Å²) in [5.74, 6) is 0.344. The maximum absolute atomic E-state index is 13.2. The second-order valence-corrected chi connectivity index (χ2v) is 5.72. The summed E-state index contributed by atoms with van der Waals surface area (Å²) >= 11 is 0. The molecule has 0 aliphatic carbocycles. The molecule has 8 nitrogen and oxygen atoms in total. The third-order valence-electron chi connectivity index (χ3n) is 3.86. The van der Waals surface area contributed by atoms with Gasteiger partial charge in [-0.15, -0.1) is 0 Å². The third kappa shape index (κ3) is 3.54. The van der Waals surface area contributed by atoms with Crippen LogP contribution >= 0.6 is 0 Å². The number of nitro groups is 1. The van der Waals surface area contributed by atoms with Crippen LogP contribution in [0.3, 0.4) is 0 Å². The number of benzene rings is 2. The van der Waals surface area contributed by atoms with Crippen molar-refractivity contribution in [1.82, 2.24) is 9.97 Å². The number of hydrogen-bond acceptors (Lipinski definition) is 7. The summed E-state index contributed by atoms with van der Waals surface area (Å²) in [6.45, 7) is 0. The van der Waals surface area contributed by atoms with Crippen molar-refractivity contribution in [3.63, 3.8) is 0 Å². The number of nitrogens with zero attached hydrogens (tertiary/aromatic N) is 4. The Balaban J connectivity index is 1.67. The fraction of sp³-hybridized carbons (Fsp3) is 0. The minimum Gasteiger partial charge on any atom is -0.400 e. The van der Waals surface area contributed by atoms with E-state index in [4.69, 9.17) is 4.42 Å². The summed E-state index contributed by atoms with van der Waals surface area (Å²) in [5.41, 5.74) is 4.15. The summed E-state index contributed by atoms with van der Waals surface area (Å²) < 4.78 is 18.2. The fourth-order valence-electron chi connectivity index (χ4n) is 2.56. The first-order chi connectivity index (χ1) is 13.6. The maximum Gasteiger partial charge on any atom is 0.433 e. The fourth-order valence-corrected chi connectivity index (χ4v) is 2.56. The summed E-state index contributed by atoms with van der Waals surface area (Å²) in [7, 11) is 0. The van der Waals surface area contributed by atoms with Crippen LogP contribution in [0.4, 0.5) is 16.1 Å².